The number of pyridine rings is 2. The van der Waals surface area contributed by atoms with Gasteiger partial charge in [-0.3, -0.25) is 4.98 Å². The molecule has 0 radical (unpaired) electrons. The lowest BCUT2D eigenvalue weighted by atomic mass is 10.2. The van der Waals surface area contributed by atoms with Gasteiger partial charge in [0.25, 0.3) is 0 Å². The predicted octanol–water partition coefficient (Wildman–Crippen LogP) is 2.91. The van der Waals surface area contributed by atoms with Crippen LogP contribution < -0.4 is 0 Å². The molecule has 0 spiro atoms. The van der Waals surface area contributed by atoms with Crippen molar-refractivity contribution in [3.05, 3.63) is 47.3 Å². The molecular weight excluding hydrogens is 228 g/mol. The summed E-state index contributed by atoms with van der Waals surface area (Å²) in [5, 5.41) is 0. The summed E-state index contributed by atoms with van der Waals surface area (Å²) in [6.07, 6.45) is 3.54. The highest BCUT2D eigenvalue weighted by Crippen LogP contribution is 2.18. The highest BCUT2D eigenvalue weighted by atomic mass is 79.9. The van der Waals surface area contributed by atoms with Crippen molar-refractivity contribution in [3.63, 3.8) is 0 Å². The van der Waals surface area contributed by atoms with Gasteiger partial charge in [0, 0.05) is 18.0 Å². The summed E-state index contributed by atoms with van der Waals surface area (Å²) >= 11 is 3.32. The van der Waals surface area contributed by atoms with E-state index in [-0.39, 0.29) is 0 Å². The van der Waals surface area contributed by atoms with E-state index in [9.17, 15) is 0 Å². The number of aromatic nitrogens is 2. The maximum Gasteiger partial charge on any atom is 0.106 e. The van der Waals surface area contributed by atoms with E-state index >= 15 is 0 Å². The van der Waals surface area contributed by atoms with Crippen molar-refractivity contribution in [2.45, 2.75) is 0 Å². The van der Waals surface area contributed by atoms with Crippen molar-refractivity contribution in [3.8, 4) is 11.3 Å². The van der Waals surface area contributed by atoms with Crippen molar-refractivity contribution >= 4 is 15.9 Å². The minimum Gasteiger partial charge on any atom is -0.256 e. The normalized spacial score (nSPS) is 9.92. The van der Waals surface area contributed by atoms with E-state index in [1.165, 1.54) is 0 Å². The van der Waals surface area contributed by atoms with Crippen molar-refractivity contribution in [2.24, 2.45) is 0 Å². The molecule has 0 aliphatic heterocycles. The topological polar surface area (TPSA) is 25.8 Å². The molecule has 3 heteroatoms. The van der Waals surface area contributed by atoms with Crippen LogP contribution in [0.3, 0.4) is 0 Å². The molecule has 64 valence electrons. The van der Waals surface area contributed by atoms with E-state index in [0.717, 1.165) is 15.9 Å². The summed E-state index contributed by atoms with van der Waals surface area (Å²) in [6, 6.07) is 9.73. The van der Waals surface area contributed by atoms with Crippen LogP contribution in [0.15, 0.2) is 47.3 Å². The summed E-state index contributed by atoms with van der Waals surface area (Å²) in [5.41, 5.74) is 2.04. The SMILES string of the molecule is Brc1cc(-c2ccccn2)ccn1. The van der Waals surface area contributed by atoms with Gasteiger partial charge in [-0.2, -0.15) is 0 Å². The molecule has 0 saturated carbocycles. The van der Waals surface area contributed by atoms with Crippen LogP contribution in [0.5, 0.6) is 0 Å². The fraction of sp³-hybridized carbons (Fsp3) is 0. The molecule has 0 aromatic carbocycles. The number of hydrogen-bond donors (Lipinski definition) is 0. The summed E-state index contributed by atoms with van der Waals surface area (Å²) in [7, 11) is 0. The van der Waals surface area contributed by atoms with Crippen LogP contribution in [0, 0.1) is 0 Å². The summed E-state index contributed by atoms with van der Waals surface area (Å²) < 4.78 is 0.829. The molecule has 2 aromatic rings. The first-order chi connectivity index (χ1) is 6.36. The predicted molar refractivity (Wildman–Crippen MR) is 55.2 cm³/mol. The molecule has 0 atom stereocenters. The average molecular weight is 235 g/mol. The standard InChI is InChI=1S/C10H7BrN2/c11-10-7-8(4-6-13-10)9-3-1-2-5-12-9/h1-7H. The molecule has 0 unspecified atom stereocenters. The second-order valence-corrected chi connectivity index (χ2v) is 3.39. The molecule has 0 bridgehead atoms. The quantitative estimate of drug-likeness (QED) is 0.710. The van der Waals surface area contributed by atoms with Crippen molar-refractivity contribution in [2.75, 3.05) is 0 Å². The number of hydrogen-bond acceptors (Lipinski definition) is 2. The molecule has 2 heterocycles. The van der Waals surface area contributed by atoms with Gasteiger partial charge in [0.2, 0.25) is 0 Å². The van der Waals surface area contributed by atoms with Gasteiger partial charge in [0.1, 0.15) is 4.60 Å². The van der Waals surface area contributed by atoms with Gasteiger partial charge in [-0.1, -0.05) is 6.07 Å². The van der Waals surface area contributed by atoms with Crippen LogP contribution in [0.25, 0.3) is 11.3 Å². The van der Waals surface area contributed by atoms with Gasteiger partial charge < -0.3 is 0 Å². The zero-order chi connectivity index (χ0) is 9.10. The first-order valence-corrected chi connectivity index (χ1v) is 4.68. The molecule has 2 rings (SSSR count). The summed E-state index contributed by atoms with van der Waals surface area (Å²) in [4.78, 5) is 8.30. The lowest BCUT2D eigenvalue weighted by Gasteiger charge is -1.99. The second kappa shape index (κ2) is 3.66. The highest BCUT2D eigenvalue weighted by Gasteiger charge is 1.97. The van der Waals surface area contributed by atoms with Crippen LogP contribution in [0.4, 0.5) is 0 Å². The highest BCUT2D eigenvalue weighted by molar-refractivity contribution is 9.10. The van der Waals surface area contributed by atoms with Crippen LogP contribution in [-0.2, 0) is 0 Å². The minimum absolute atomic E-state index is 0.829. The van der Waals surface area contributed by atoms with Gasteiger partial charge in [-0.25, -0.2) is 4.98 Å². The van der Waals surface area contributed by atoms with Crippen LogP contribution in [0.1, 0.15) is 0 Å². The maximum atomic E-state index is 4.24. The van der Waals surface area contributed by atoms with Crippen molar-refractivity contribution in [1.82, 2.24) is 9.97 Å². The number of halogens is 1. The molecule has 0 amide bonds. The molecular formula is C10H7BrN2. The Morgan fingerprint density at radius 1 is 1.00 bits per heavy atom. The van der Waals surface area contributed by atoms with Gasteiger partial charge in [-0.15, -0.1) is 0 Å². The molecule has 0 fully saturated rings. The Balaban J connectivity index is 2.48. The van der Waals surface area contributed by atoms with Gasteiger partial charge in [0.15, 0.2) is 0 Å². The van der Waals surface area contributed by atoms with Crippen LogP contribution >= 0.6 is 15.9 Å². The Labute approximate surface area is 84.8 Å². The summed E-state index contributed by atoms with van der Waals surface area (Å²) in [6.45, 7) is 0. The van der Waals surface area contributed by atoms with E-state index in [0.29, 0.717) is 0 Å². The van der Waals surface area contributed by atoms with E-state index in [2.05, 4.69) is 25.9 Å². The molecule has 2 nitrogen and oxygen atoms in total. The Morgan fingerprint density at radius 2 is 1.92 bits per heavy atom. The van der Waals surface area contributed by atoms with E-state index in [1.807, 2.05) is 30.3 Å². The first-order valence-electron chi connectivity index (χ1n) is 3.89. The number of nitrogens with zero attached hydrogens (tertiary/aromatic N) is 2. The van der Waals surface area contributed by atoms with Crippen LogP contribution in [-0.4, -0.2) is 9.97 Å². The largest absolute Gasteiger partial charge is 0.256 e. The lowest BCUT2D eigenvalue weighted by Crippen LogP contribution is -1.82. The Morgan fingerprint density at radius 3 is 2.62 bits per heavy atom. The monoisotopic (exact) mass is 234 g/mol. The van der Waals surface area contributed by atoms with E-state index < -0.39 is 0 Å². The van der Waals surface area contributed by atoms with E-state index in [4.69, 9.17) is 0 Å². The van der Waals surface area contributed by atoms with E-state index in [1.54, 1.807) is 12.4 Å². The zero-order valence-corrected chi connectivity index (χ0v) is 8.40. The molecule has 13 heavy (non-hydrogen) atoms. The molecule has 0 aliphatic carbocycles. The molecule has 0 N–H and O–H groups in total. The average Bonchev–Trinajstić information content (AvgIpc) is 2.19. The summed E-state index contributed by atoms with van der Waals surface area (Å²) in [5.74, 6) is 0. The smallest absolute Gasteiger partial charge is 0.106 e. The fourth-order valence-electron chi connectivity index (χ4n) is 1.10. The minimum atomic E-state index is 0.829. The maximum absolute atomic E-state index is 4.24. The number of rotatable bonds is 1. The second-order valence-electron chi connectivity index (χ2n) is 2.58. The Kier molecular flexibility index (Phi) is 2.36. The molecule has 0 aliphatic rings. The molecule has 0 saturated heterocycles. The van der Waals surface area contributed by atoms with Crippen molar-refractivity contribution < 1.29 is 0 Å². The fourth-order valence-corrected chi connectivity index (χ4v) is 1.46. The third-order valence-corrected chi connectivity index (χ3v) is 2.12. The zero-order valence-electron chi connectivity index (χ0n) is 6.81. The third kappa shape index (κ3) is 1.92. The molecule has 2 aromatic heterocycles. The Hall–Kier alpha value is -1.22. The lowest BCUT2D eigenvalue weighted by molar-refractivity contribution is 1.26. The Bertz CT molecular complexity index is 401. The van der Waals surface area contributed by atoms with Gasteiger partial charge >= 0.3 is 0 Å². The van der Waals surface area contributed by atoms with Gasteiger partial charge in [0.05, 0.1) is 5.69 Å². The van der Waals surface area contributed by atoms with Crippen LogP contribution in [0.2, 0.25) is 0 Å². The first kappa shape index (κ1) is 8.38. The third-order valence-electron chi connectivity index (χ3n) is 1.69. The van der Waals surface area contributed by atoms with Crippen molar-refractivity contribution in [1.29, 1.82) is 0 Å². The van der Waals surface area contributed by atoms with Gasteiger partial charge in [-0.05, 0) is 40.2 Å².